The average molecular weight is 476 g/mol. The van der Waals surface area contributed by atoms with Gasteiger partial charge in [0.1, 0.15) is 17.4 Å². The van der Waals surface area contributed by atoms with E-state index in [1.807, 2.05) is 6.07 Å². The third kappa shape index (κ3) is 4.79. The summed E-state index contributed by atoms with van der Waals surface area (Å²) in [6.45, 7) is 2.24. The second-order valence-corrected chi connectivity index (χ2v) is 7.98. The lowest BCUT2D eigenvalue weighted by molar-refractivity contribution is 0.0605. The summed E-state index contributed by atoms with van der Waals surface area (Å²) in [7, 11) is 3.06. The van der Waals surface area contributed by atoms with Crippen LogP contribution in [0, 0.1) is 5.82 Å². The zero-order valence-corrected chi connectivity index (χ0v) is 19.8. The van der Waals surface area contributed by atoms with Crippen LogP contribution in [-0.2, 0) is 4.74 Å². The van der Waals surface area contributed by atoms with E-state index in [2.05, 4.69) is 0 Å². The van der Waals surface area contributed by atoms with Crippen molar-refractivity contribution in [1.82, 2.24) is 14.5 Å². The number of carbonyl (C=O) groups is 1. The van der Waals surface area contributed by atoms with Gasteiger partial charge in [-0.05, 0) is 49.4 Å². The monoisotopic (exact) mass is 475 g/mol. The van der Waals surface area contributed by atoms with Gasteiger partial charge in [0.25, 0.3) is 11.5 Å². The molecule has 180 valence electrons. The molecule has 35 heavy (non-hydrogen) atoms. The molecule has 1 atom stereocenters. The highest BCUT2D eigenvalue weighted by Crippen LogP contribution is 2.28. The van der Waals surface area contributed by atoms with E-state index in [9.17, 15) is 14.0 Å². The van der Waals surface area contributed by atoms with Crippen LogP contribution in [0.3, 0.4) is 0 Å². The lowest BCUT2D eigenvalue weighted by atomic mass is 10.1. The summed E-state index contributed by atoms with van der Waals surface area (Å²) in [4.78, 5) is 33.6. The van der Waals surface area contributed by atoms with Crippen LogP contribution in [-0.4, -0.2) is 47.7 Å². The van der Waals surface area contributed by atoms with E-state index >= 15 is 0 Å². The van der Waals surface area contributed by atoms with Gasteiger partial charge in [0.2, 0.25) is 0 Å². The lowest BCUT2D eigenvalue weighted by Crippen LogP contribution is -2.39. The van der Waals surface area contributed by atoms with Gasteiger partial charge >= 0.3 is 0 Å². The first-order valence-electron chi connectivity index (χ1n) is 11.2. The van der Waals surface area contributed by atoms with Crippen molar-refractivity contribution in [2.24, 2.45) is 0 Å². The van der Waals surface area contributed by atoms with Gasteiger partial charge in [0.15, 0.2) is 0 Å². The van der Waals surface area contributed by atoms with Gasteiger partial charge in [-0.3, -0.25) is 14.2 Å². The molecule has 0 aliphatic carbocycles. The average Bonchev–Trinajstić information content (AvgIpc) is 2.88. The van der Waals surface area contributed by atoms with Crippen LogP contribution in [0.5, 0.6) is 5.75 Å². The number of halogens is 1. The largest absolute Gasteiger partial charge is 0.495 e. The molecule has 0 saturated carbocycles. The van der Waals surface area contributed by atoms with Gasteiger partial charge in [0.05, 0.1) is 36.3 Å². The molecule has 0 radical (unpaired) electrons. The molecule has 0 spiro atoms. The van der Waals surface area contributed by atoms with Gasteiger partial charge in [0, 0.05) is 19.2 Å². The summed E-state index contributed by atoms with van der Waals surface area (Å²) in [5.74, 6) is -0.0768. The van der Waals surface area contributed by atoms with E-state index in [4.69, 9.17) is 14.5 Å². The minimum atomic E-state index is -0.664. The normalized spacial score (nSPS) is 11.9. The molecule has 4 aromatic rings. The van der Waals surface area contributed by atoms with Crippen molar-refractivity contribution in [3.63, 3.8) is 0 Å². The Hall–Kier alpha value is -4.04. The van der Waals surface area contributed by atoms with Crippen LogP contribution in [0.1, 0.15) is 29.1 Å². The number of fused-ring (bicyclic) bond motifs is 1. The highest BCUT2D eigenvalue weighted by molar-refractivity contribution is 5.94. The Bertz CT molecular complexity index is 1420. The van der Waals surface area contributed by atoms with Crippen LogP contribution in [0.2, 0.25) is 0 Å². The fourth-order valence-corrected chi connectivity index (χ4v) is 4.06. The number of benzene rings is 3. The van der Waals surface area contributed by atoms with Gasteiger partial charge in [-0.15, -0.1) is 0 Å². The van der Waals surface area contributed by atoms with Gasteiger partial charge in [-0.2, -0.15) is 0 Å². The number of amides is 1. The number of para-hydroxylation sites is 3. The van der Waals surface area contributed by atoms with Crippen molar-refractivity contribution in [1.29, 1.82) is 0 Å². The molecule has 1 aromatic heterocycles. The van der Waals surface area contributed by atoms with E-state index in [1.165, 1.54) is 41.9 Å². The van der Waals surface area contributed by atoms with E-state index in [1.54, 1.807) is 55.5 Å². The van der Waals surface area contributed by atoms with Crippen molar-refractivity contribution in [2.75, 3.05) is 27.4 Å². The second kappa shape index (κ2) is 10.5. The summed E-state index contributed by atoms with van der Waals surface area (Å²) in [5, 5.41) is 0.439. The fourth-order valence-electron chi connectivity index (χ4n) is 4.06. The number of hydrogen-bond donors (Lipinski definition) is 0. The number of rotatable bonds is 8. The first-order chi connectivity index (χ1) is 17.0. The molecule has 0 fully saturated rings. The Morgan fingerprint density at radius 3 is 2.54 bits per heavy atom. The smallest absolute Gasteiger partial charge is 0.266 e. The third-order valence-corrected chi connectivity index (χ3v) is 5.84. The van der Waals surface area contributed by atoms with Crippen molar-refractivity contribution in [3.8, 4) is 11.4 Å². The molecule has 0 aliphatic heterocycles. The molecular weight excluding hydrogens is 449 g/mol. The molecule has 8 heteroatoms. The quantitative estimate of drug-likeness (QED) is 0.378. The summed E-state index contributed by atoms with van der Waals surface area (Å²) in [6, 6.07) is 19.0. The summed E-state index contributed by atoms with van der Waals surface area (Å²) in [5.41, 5.74) is 0.923. The molecule has 1 amide bonds. The van der Waals surface area contributed by atoms with Gasteiger partial charge < -0.3 is 14.4 Å². The van der Waals surface area contributed by atoms with Crippen molar-refractivity contribution in [2.45, 2.75) is 13.0 Å². The summed E-state index contributed by atoms with van der Waals surface area (Å²) >= 11 is 0. The zero-order valence-electron chi connectivity index (χ0n) is 19.8. The first kappa shape index (κ1) is 24.1. The van der Waals surface area contributed by atoms with E-state index < -0.39 is 17.8 Å². The van der Waals surface area contributed by atoms with E-state index in [0.717, 1.165) is 0 Å². The molecule has 1 heterocycles. The van der Waals surface area contributed by atoms with Gasteiger partial charge in [-0.25, -0.2) is 9.37 Å². The highest BCUT2D eigenvalue weighted by Gasteiger charge is 2.28. The maximum absolute atomic E-state index is 13.9. The molecule has 7 nitrogen and oxygen atoms in total. The SMILES string of the molecule is COCCN(C(=O)c1cccc(F)c1)C(C)c1nc2ccccc2c(=O)n1-c1ccccc1OC. The van der Waals surface area contributed by atoms with Crippen molar-refractivity contribution in [3.05, 3.63) is 100 Å². The number of hydrogen-bond acceptors (Lipinski definition) is 5. The molecule has 0 aliphatic rings. The number of nitrogens with zero attached hydrogens (tertiary/aromatic N) is 3. The minimum absolute atomic E-state index is 0.194. The third-order valence-electron chi connectivity index (χ3n) is 5.84. The molecule has 3 aromatic carbocycles. The molecule has 0 bridgehead atoms. The van der Waals surface area contributed by atoms with E-state index in [-0.39, 0.29) is 24.3 Å². The number of carbonyl (C=O) groups excluding carboxylic acids is 1. The van der Waals surface area contributed by atoms with Crippen LogP contribution >= 0.6 is 0 Å². The Balaban J connectivity index is 1.93. The molecule has 0 N–H and O–H groups in total. The summed E-state index contributed by atoms with van der Waals surface area (Å²) in [6.07, 6.45) is 0. The molecule has 0 saturated heterocycles. The van der Waals surface area contributed by atoms with Crippen LogP contribution in [0.25, 0.3) is 16.6 Å². The van der Waals surface area contributed by atoms with Crippen LogP contribution in [0.15, 0.2) is 77.6 Å². The Kier molecular flexibility index (Phi) is 7.22. The number of methoxy groups -OCH3 is 2. The lowest BCUT2D eigenvalue weighted by Gasteiger charge is -2.30. The topological polar surface area (TPSA) is 73.7 Å². The Morgan fingerprint density at radius 2 is 1.80 bits per heavy atom. The molecular formula is C27H26FN3O4. The summed E-state index contributed by atoms with van der Waals surface area (Å²) < 4.78 is 26.1. The van der Waals surface area contributed by atoms with Gasteiger partial charge in [-0.1, -0.05) is 30.3 Å². The standard InChI is InChI=1S/C27H26FN3O4/c1-18(30(15-16-34-2)26(32)19-9-8-10-20(28)17-19)25-29-22-12-5-4-11-21(22)27(33)31(25)23-13-6-7-14-24(23)35-3/h4-14,17-18H,15-16H2,1-3H3. The number of aromatic nitrogens is 2. The predicted octanol–water partition coefficient (Wildman–Crippen LogP) is 4.38. The first-order valence-corrected chi connectivity index (χ1v) is 11.2. The second-order valence-electron chi connectivity index (χ2n) is 7.98. The zero-order chi connectivity index (χ0) is 24.9. The Labute approximate surface area is 202 Å². The predicted molar refractivity (Wildman–Crippen MR) is 132 cm³/mol. The highest BCUT2D eigenvalue weighted by atomic mass is 19.1. The Morgan fingerprint density at radius 1 is 1.06 bits per heavy atom. The maximum Gasteiger partial charge on any atom is 0.266 e. The van der Waals surface area contributed by atoms with Crippen molar-refractivity contribution >= 4 is 16.8 Å². The van der Waals surface area contributed by atoms with Crippen molar-refractivity contribution < 1.29 is 18.7 Å². The van der Waals surface area contributed by atoms with E-state index in [0.29, 0.717) is 28.2 Å². The minimum Gasteiger partial charge on any atom is -0.495 e. The number of ether oxygens (including phenoxy) is 2. The van der Waals surface area contributed by atoms with Crippen LogP contribution in [0.4, 0.5) is 4.39 Å². The fraction of sp³-hybridized carbons (Fsp3) is 0.222. The van der Waals surface area contributed by atoms with Crippen LogP contribution < -0.4 is 10.3 Å². The molecule has 4 rings (SSSR count). The maximum atomic E-state index is 13.9. The molecule has 1 unspecified atom stereocenters.